The Morgan fingerprint density at radius 2 is 2.20 bits per heavy atom. The molecule has 0 bridgehead atoms. The van der Waals surface area contributed by atoms with Crippen molar-refractivity contribution >= 4 is 11.3 Å². The predicted molar refractivity (Wildman–Crippen MR) is 99.7 cm³/mol. The van der Waals surface area contributed by atoms with Gasteiger partial charge in [0, 0.05) is 41.1 Å². The summed E-state index contributed by atoms with van der Waals surface area (Å²) in [5, 5.41) is 0. The van der Waals surface area contributed by atoms with Gasteiger partial charge in [-0.3, -0.25) is 14.7 Å². The molecule has 0 spiro atoms. The molecule has 0 unspecified atom stereocenters. The number of rotatable bonds is 3. The molecule has 128 valence electrons. The van der Waals surface area contributed by atoms with Crippen LogP contribution in [0.2, 0.25) is 0 Å². The molecule has 0 aromatic carbocycles. The largest absolute Gasteiger partial charge is 0.305 e. The van der Waals surface area contributed by atoms with Gasteiger partial charge in [-0.2, -0.15) is 0 Å². The van der Waals surface area contributed by atoms with E-state index in [9.17, 15) is 4.79 Å². The van der Waals surface area contributed by atoms with Gasteiger partial charge in [0.05, 0.1) is 5.69 Å². The molecule has 0 saturated heterocycles. The van der Waals surface area contributed by atoms with Crippen molar-refractivity contribution in [2.24, 2.45) is 0 Å². The van der Waals surface area contributed by atoms with Crippen LogP contribution in [0.25, 0.3) is 11.5 Å². The Bertz CT molecular complexity index is 942. The fourth-order valence-electron chi connectivity index (χ4n) is 3.20. The van der Waals surface area contributed by atoms with Crippen molar-refractivity contribution in [3.63, 3.8) is 0 Å². The van der Waals surface area contributed by atoms with Crippen molar-refractivity contribution in [3.05, 3.63) is 67.4 Å². The Balaban J connectivity index is 1.61. The highest BCUT2D eigenvalue weighted by Gasteiger charge is 2.22. The summed E-state index contributed by atoms with van der Waals surface area (Å²) in [4.78, 5) is 29.4. The number of thiophene rings is 1. The molecule has 1 aliphatic heterocycles. The highest BCUT2D eigenvalue weighted by atomic mass is 32.1. The normalized spacial score (nSPS) is 14.5. The van der Waals surface area contributed by atoms with Gasteiger partial charge in [-0.25, -0.2) is 4.98 Å². The van der Waals surface area contributed by atoms with Crippen LogP contribution in [0.5, 0.6) is 0 Å². The molecule has 0 fully saturated rings. The number of hydrogen-bond acceptors (Lipinski definition) is 5. The van der Waals surface area contributed by atoms with Crippen molar-refractivity contribution in [3.8, 4) is 11.5 Å². The number of hydrogen-bond donors (Lipinski definition) is 1. The topological polar surface area (TPSA) is 61.9 Å². The lowest BCUT2D eigenvalue weighted by Gasteiger charge is -2.27. The summed E-state index contributed by atoms with van der Waals surface area (Å²) in [5.74, 6) is 0.550. The Labute approximate surface area is 150 Å². The van der Waals surface area contributed by atoms with Gasteiger partial charge in [0.25, 0.3) is 5.56 Å². The Morgan fingerprint density at radius 1 is 1.32 bits per heavy atom. The molecule has 0 amide bonds. The van der Waals surface area contributed by atoms with Gasteiger partial charge in [-0.1, -0.05) is 6.07 Å². The average Bonchev–Trinajstić information content (AvgIpc) is 2.92. The zero-order valence-corrected chi connectivity index (χ0v) is 15.2. The number of aryl methyl sites for hydroxylation is 2. The summed E-state index contributed by atoms with van der Waals surface area (Å²) in [7, 11) is 0. The maximum Gasteiger partial charge on any atom is 0.254 e. The lowest BCUT2D eigenvalue weighted by molar-refractivity contribution is 0.242. The first kappa shape index (κ1) is 16.2. The van der Waals surface area contributed by atoms with Gasteiger partial charge in [0.2, 0.25) is 0 Å². The number of nitrogens with one attached hydrogen (secondary N) is 1. The zero-order valence-electron chi connectivity index (χ0n) is 14.4. The lowest BCUT2D eigenvalue weighted by atomic mass is 10.1. The van der Waals surface area contributed by atoms with Crippen molar-refractivity contribution in [1.29, 1.82) is 0 Å². The number of pyridine rings is 1. The molecule has 3 aromatic heterocycles. The lowest BCUT2D eigenvalue weighted by Crippen LogP contribution is -2.34. The summed E-state index contributed by atoms with van der Waals surface area (Å²) >= 11 is 1.85. The quantitative estimate of drug-likeness (QED) is 0.787. The molecule has 25 heavy (non-hydrogen) atoms. The van der Waals surface area contributed by atoms with Crippen molar-refractivity contribution in [2.45, 2.75) is 33.4 Å². The summed E-state index contributed by atoms with van der Waals surface area (Å²) in [6, 6.07) is 7.88. The van der Waals surface area contributed by atoms with Crippen LogP contribution in [0.15, 0.2) is 35.3 Å². The molecule has 0 saturated carbocycles. The first-order valence-electron chi connectivity index (χ1n) is 8.42. The van der Waals surface area contributed by atoms with Crippen molar-refractivity contribution < 1.29 is 0 Å². The Morgan fingerprint density at radius 3 is 2.92 bits per heavy atom. The molecule has 0 atom stereocenters. The maximum absolute atomic E-state index is 12.4. The zero-order chi connectivity index (χ0) is 17.4. The van der Waals surface area contributed by atoms with Crippen LogP contribution in [0.3, 0.4) is 0 Å². The molecule has 6 heteroatoms. The molecule has 5 nitrogen and oxygen atoms in total. The summed E-state index contributed by atoms with van der Waals surface area (Å²) in [6.07, 6.45) is 2.45. The molecular weight excluding hydrogens is 332 g/mol. The van der Waals surface area contributed by atoms with Crippen LogP contribution in [-0.4, -0.2) is 26.4 Å². The fraction of sp³-hybridized carbons (Fsp3) is 0.316. The van der Waals surface area contributed by atoms with E-state index in [0.717, 1.165) is 30.8 Å². The van der Waals surface area contributed by atoms with Crippen molar-refractivity contribution in [1.82, 2.24) is 19.9 Å². The first-order chi connectivity index (χ1) is 12.1. The molecule has 4 heterocycles. The number of fused-ring (bicyclic) bond motifs is 1. The number of nitrogens with zero attached hydrogens (tertiary/aromatic N) is 3. The molecule has 3 aromatic rings. The van der Waals surface area contributed by atoms with Crippen LogP contribution < -0.4 is 5.56 Å². The monoisotopic (exact) mass is 352 g/mol. The fourth-order valence-corrected chi connectivity index (χ4v) is 4.30. The minimum absolute atomic E-state index is 0.0342. The van der Waals surface area contributed by atoms with Crippen molar-refractivity contribution in [2.75, 3.05) is 6.54 Å². The third kappa shape index (κ3) is 3.27. The van der Waals surface area contributed by atoms with E-state index in [1.807, 2.05) is 29.5 Å². The van der Waals surface area contributed by atoms with E-state index in [0.29, 0.717) is 18.1 Å². The van der Waals surface area contributed by atoms with E-state index in [2.05, 4.69) is 34.8 Å². The molecule has 0 radical (unpaired) electrons. The molecule has 4 rings (SSSR count). The van der Waals surface area contributed by atoms with Crippen LogP contribution in [0, 0.1) is 13.8 Å². The second-order valence-corrected chi connectivity index (χ2v) is 7.81. The maximum atomic E-state index is 12.4. The third-order valence-corrected chi connectivity index (χ3v) is 5.79. The predicted octanol–water partition coefficient (Wildman–Crippen LogP) is 3.07. The second kappa shape index (κ2) is 6.54. The average molecular weight is 352 g/mol. The third-order valence-electron chi connectivity index (χ3n) is 4.66. The van der Waals surface area contributed by atoms with Gasteiger partial charge in [0.15, 0.2) is 5.82 Å². The Kier molecular flexibility index (Phi) is 4.23. The minimum Gasteiger partial charge on any atom is -0.305 e. The van der Waals surface area contributed by atoms with E-state index >= 15 is 0 Å². The first-order valence-corrected chi connectivity index (χ1v) is 9.23. The smallest absolute Gasteiger partial charge is 0.254 e. The minimum atomic E-state index is -0.0342. The van der Waals surface area contributed by atoms with Gasteiger partial charge in [-0.15, -0.1) is 11.3 Å². The molecule has 1 N–H and O–H groups in total. The molecular formula is C19H20N4OS. The highest BCUT2D eigenvalue weighted by molar-refractivity contribution is 7.12. The molecule has 1 aliphatic rings. The van der Waals surface area contributed by atoms with E-state index in [1.165, 1.54) is 15.3 Å². The van der Waals surface area contributed by atoms with E-state index in [4.69, 9.17) is 4.98 Å². The van der Waals surface area contributed by atoms with Gasteiger partial charge in [0.1, 0.15) is 5.69 Å². The SMILES string of the molecule is Cc1cc(CN2CCc3c(nc(-c4ccccn4)[nH]c3=O)C2)sc1C. The molecule has 0 aliphatic carbocycles. The highest BCUT2D eigenvalue weighted by Crippen LogP contribution is 2.24. The second-order valence-electron chi connectivity index (χ2n) is 6.47. The van der Waals surface area contributed by atoms with Crippen LogP contribution in [0.1, 0.15) is 26.6 Å². The van der Waals surface area contributed by atoms with E-state index in [-0.39, 0.29) is 5.56 Å². The van der Waals surface area contributed by atoms with Crippen LogP contribution in [-0.2, 0) is 19.5 Å². The van der Waals surface area contributed by atoms with Gasteiger partial charge in [-0.05, 0) is 44.0 Å². The van der Waals surface area contributed by atoms with Crippen LogP contribution >= 0.6 is 11.3 Å². The van der Waals surface area contributed by atoms with Gasteiger partial charge >= 0.3 is 0 Å². The number of H-pyrrole nitrogens is 1. The van der Waals surface area contributed by atoms with E-state index in [1.54, 1.807) is 6.20 Å². The van der Waals surface area contributed by atoms with Gasteiger partial charge < -0.3 is 4.98 Å². The number of aromatic amines is 1. The van der Waals surface area contributed by atoms with Crippen LogP contribution in [0.4, 0.5) is 0 Å². The number of aromatic nitrogens is 3. The standard InChI is InChI=1S/C19H20N4OS/c1-12-9-14(25-13(12)2)10-23-8-6-15-17(11-23)21-18(22-19(15)24)16-5-3-4-7-20-16/h3-5,7,9H,6,8,10-11H2,1-2H3,(H,21,22,24). The van der Waals surface area contributed by atoms with E-state index < -0.39 is 0 Å². The summed E-state index contributed by atoms with van der Waals surface area (Å²) in [6.45, 7) is 6.81. The summed E-state index contributed by atoms with van der Waals surface area (Å²) in [5.41, 5.74) is 3.71. The summed E-state index contributed by atoms with van der Waals surface area (Å²) < 4.78 is 0. The Hall–Kier alpha value is -2.31.